The van der Waals surface area contributed by atoms with E-state index < -0.39 is 38.6 Å². The number of hydrogen-bond acceptors (Lipinski definition) is 7. The van der Waals surface area contributed by atoms with Crippen LogP contribution in [-0.4, -0.2) is 59.0 Å². The molecule has 0 aromatic carbocycles. The van der Waals surface area contributed by atoms with E-state index in [4.69, 9.17) is 14.8 Å². The Balaban J connectivity index is 4.32. The monoisotopic (exact) mass is 841 g/mol. The first-order chi connectivity index (χ1) is 28.3. The first-order valence-electron chi connectivity index (χ1n) is 24.2. The van der Waals surface area contributed by atoms with Crippen molar-refractivity contribution in [1.82, 2.24) is 5.32 Å². The molecular formula is C48H93N2O7P. The Morgan fingerprint density at radius 3 is 1.43 bits per heavy atom. The standard InChI is InChI=1S/C48H93N2O7P/c1-3-5-7-9-11-13-15-17-19-20-21-22-23-24-26-28-30-32-34-36-38-40-47(52)46(44-57-58(54,55)56-42-41-49)50-48(53)43-45(51)39-37-35-33-31-29-27-25-18-16-14-12-10-8-6-4-2/h23-24,30,32,38,40,45-47,51-52H,3-22,25-29,31,33-37,39,41-44,49H2,1-2H3,(H,50,53)(H,54,55)/b24-23+,32-30+,40-38+. The van der Waals surface area contributed by atoms with Gasteiger partial charge in [0.25, 0.3) is 0 Å². The fourth-order valence-corrected chi connectivity index (χ4v) is 7.85. The summed E-state index contributed by atoms with van der Waals surface area (Å²) < 4.78 is 22.1. The van der Waals surface area contributed by atoms with Crippen LogP contribution < -0.4 is 11.1 Å². The van der Waals surface area contributed by atoms with Gasteiger partial charge < -0.3 is 26.2 Å². The third-order valence-corrected chi connectivity index (χ3v) is 11.7. The van der Waals surface area contributed by atoms with Gasteiger partial charge in [0.15, 0.2) is 0 Å². The van der Waals surface area contributed by atoms with Gasteiger partial charge in [-0.25, -0.2) is 4.57 Å². The summed E-state index contributed by atoms with van der Waals surface area (Å²) in [7, 11) is -4.41. The molecule has 0 aliphatic heterocycles. The number of nitrogens with one attached hydrogen (secondary N) is 1. The maximum atomic E-state index is 12.8. The first kappa shape index (κ1) is 56.7. The lowest BCUT2D eigenvalue weighted by Gasteiger charge is -2.24. The summed E-state index contributed by atoms with van der Waals surface area (Å²) >= 11 is 0. The number of nitrogens with two attached hydrogens (primary N) is 1. The maximum Gasteiger partial charge on any atom is 0.472 e. The number of aliphatic hydroxyl groups is 2. The van der Waals surface area contributed by atoms with Gasteiger partial charge in [-0.1, -0.05) is 211 Å². The minimum Gasteiger partial charge on any atom is -0.393 e. The summed E-state index contributed by atoms with van der Waals surface area (Å²) in [5.74, 6) is -0.457. The van der Waals surface area contributed by atoms with Crippen LogP contribution in [0.15, 0.2) is 36.5 Å². The van der Waals surface area contributed by atoms with Crippen molar-refractivity contribution in [2.45, 2.75) is 244 Å². The summed E-state index contributed by atoms with van der Waals surface area (Å²) in [5.41, 5.74) is 5.37. The van der Waals surface area contributed by atoms with Crippen LogP contribution in [0.3, 0.4) is 0 Å². The summed E-state index contributed by atoms with van der Waals surface area (Å²) in [6, 6.07) is -1.00. The number of carbonyl (C=O) groups excluding carboxylic acids is 1. The Hall–Kier alpha value is -1.32. The topological polar surface area (TPSA) is 151 Å². The summed E-state index contributed by atoms with van der Waals surface area (Å²) in [5, 5.41) is 24.1. The molecule has 342 valence electrons. The second-order valence-electron chi connectivity index (χ2n) is 16.5. The van der Waals surface area contributed by atoms with Crippen molar-refractivity contribution in [1.29, 1.82) is 0 Å². The van der Waals surface area contributed by atoms with Gasteiger partial charge >= 0.3 is 7.82 Å². The highest BCUT2D eigenvalue weighted by Crippen LogP contribution is 2.43. The van der Waals surface area contributed by atoms with Gasteiger partial charge in [-0.15, -0.1) is 0 Å². The van der Waals surface area contributed by atoms with Gasteiger partial charge in [0.05, 0.1) is 37.9 Å². The van der Waals surface area contributed by atoms with Crippen LogP contribution in [0, 0.1) is 0 Å². The van der Waals surface area contributed by atoms with Crippen LogP contribution in [0.5, 0.6) is 0 Å². The largest absolute Gasteiger partial charge is 0.472 e. The number of hydrogen-bond donors (Lipinski definition) is 5. The van der Waals surface area contributed by atoms with Gasteiger partial charge in [0.2, 0.25) is 5.91 Å². The van der Waals surface area contributed by atoms with Crippen LogP contribution >= 0.6 is 7.82 Å². The lowest BCUT2D eigenvalue weighted by molar-refractivity contribution is -0.124. The van der Waals surface area contributed by atoms with E-state index in [-0.39, 0.29) is 19.6 Å². The molecular weight excluding hydrogens is 748 g/mol. The molecule has 4 atom stereocenters. The van der Waals surface area contributed by atoms with Crippen LogP contribution in [-0.2, 0) is 18.4 Å². The highest BCUT2D eigenvalue weighted by Gasteiger charge is 2.27. The predicted molar refractivity (Wildman–Crippen MR) is 246 cm³/mol. The molecule has 0 radical (unpaired) electrons. The smallest absolute Gasteiger partial charge is 0.393 e. The second-order valence-corrected chi connectivity index (χ2v) is 18.0. The first-order valence-corrected chi connectivity index (χ1v) is 25.7. The molecule has 6 N–H and O–H groups in total. The van der Waals surface area contributed by atoms with Crippen molar-refractivity contribution in [3.63, 3.8) is 0 Å². The Kier molecular flexibility index (Phi) is 42.8. The lowest BCUT2D eigenvalue weighted by atomic mass is 10.0. The molecule has 1 amide bonds. The molecule has 0 rings (SSSR count). The zero-order valence-electron chi connectivity index (χ0n) is 37.7. The number of rotatable bonds is 45. The molecule has 0 bridgehead atoms. The van der Waals surface area contributed by atoms with Crippen LogP contribution in [0.2, 0.25) is 0 Å². The van der Waals surface area contributed by atoms with Crippen molar-refractivity contribution in [3.05, 3.63) is 36.5 Å². The Morgan fingerprint density at radius 2 is 0.983 bits per heavy atom. The quantitative estimate of drug-likeness (QED) is 0.0231. The van der Waals surface area contributed by atoms with E-state index in [9.17, 15) is 24.5 Å². The number of phosphoric acid groups is 1. The van der Waals surface area contributed by atoms with Crippen LogP contribution in [0.4, 0.5) is 0 Å². The molecule has 0 aromatic heterocycles. The number of phosphoric ester groups is 1. The van der Waals surface area contributed by atoms with E-state index in [0.29, 0.717) is 12.8 Å². The number of amides is 1. The van der Waals surface area contributed by atoms with Gasteiger partial charge in [0, 0.05) is 6.54 Å². The normalized spacial score (nSPS) is 14.8. The van der Waals surface area contributed by atoms with Crippen molar-refractivity contribution < 1.29 is 33.5 Å². The Labute approximate surface area is 357 Å². The number of carbonyl (C=O) groups is 1. The van der Waals surface area contributed by atoms with E-state index in [0.717, 1.165) is 44.9 Å². The highest BCUT2D eigenvalue weighted by molar-refractivity contribution is 7.47. The molecule has 58 heavy (non-hydrogen) atoms. The van der Waals surface area contributed by atoms with Crippen molar-refractivity contribution in [2.75, 3.05) is 19.8 Å². The maximum absolute atomic E-state index is 12.8. The number of aliphatic hydroxyl groups excluding tert-OH is 2. The van der Waals surface area contributed by atoms with E-state index in [1.807, 2.05) is 6.08 Å². The van der Waals surface area contributed by atoms with Crippen molar-refractivity contribution in [2.24, 2.45) is 5.73 Å². The minimum absolute atomic E-state index is 0.0430. The van der Waals surface area contributed by atoms with Gasteiger partial charge in [-0.05, 0) is 44.9 Å². The zero-order valence-corrected chi connectivity index (χ0v) is 38.5. The third kappa shape index (κ3) is 41.4. The third-order valence-electron chi connectivity index (χ3n) is 10.8. The van der Waals surface area contributed by atoms with E-state index in [2.05, 4.69) is 43.5 Å². The number of allylic oxidation sites excluding steroid dienone is 5. The number of unbranched alkanes of at least 4 members (excludes halogenated alkanes) is 27. The Bertz CT molecular complexity index is 1020. The SMILES string of the molecule is CCCCCCCCCCCCC/C=C/CC/C=C/CC/C=C/C(O)C(COP(=O)(O)OCCN)NC(=O)CC(O)CCCCCCCCCCCCCCCCC. The molecule has 9 nitrogen and oxygen atoms in total. The molecule has 4 unspecified atom stereocenters. The van der Waals surface area contributed by atoms with Gasteiger partial charge in [-0.2, -0.15) is 0 Å². The molecule has 0 spiro atoms. The molecule has 0 aliphatic rings. The van der Waals surface area contributed by atoms with E-state index in [1.165, 1.54) is 148 Å². The molecule has 0 aliphatic carbocycles. The molecule has 0 saturated heterocycles. The van der Waals surface area contributed by atoms with Crippen LogP contribution in [0.1, 0.15) is 226 Å². The van der Waals surface area contributed by atoms with Gasteiger partial charge in [-0.3, -0.25) is 13.8 Å². The van der Waals surface area contributed by atoms with E-state index >= 15 is 0 Å². The average Bonchev–Trinajstić information content (AvgIpc) is 3.20. The minimum atomic E-state index is -4.41. The molecule has 0 heterocycles. The predicted octanol–water partition coefficient (Wildman–Crippen LogP) is 12.9. The molecule has 0 aromatic rings. The molecule has 0 saturated carbocycles. The van der Waals surface area contributed by atoms with Crippen LogP contribution in [0.25, 0.3) is 0 Å². The summed E-state index contributed by atoms with van der Waals surface area (Å²) in [6.45, 7) is 3.96. The van der Waals surface area contributed by atoms with E-state index in [1.54, 1.807) is 6.08 Å². The fourth-order valence-electron chi connectivity index (χ4n) is 7.09. The molecule has 0 fully saturated rings. The van der Waals surface area contributed by atoms with Crippen molar-refractivity contribution in [3.8, 4) is 0 Å². The Morgan fingerprint density at radius 1 is 0.586 bits per heavy atom. The second kappa shape index (κ2) is 43.8. The van der Waals surface area contributed by atoms with Gasteiger partial charge in [0.1, 0.15) is 0 Å². The highest BCUT2D eigenvalue weighted by atomic mass is 31.2. The fraction of sp³-hybridized carbons (Fsp3) is 0.854. The van der Waals surface area contributed by atoms with Crippen molar-refractivity contribution >= 4 is 13.7 Å². The summed E-state index contributed by atoms with van der Waals surface area (Å²) in [4.78, 5) is 22.8. The molecule has 10 heteroatoms. The lowest BCUT2D eigenvalue weighted by Crippen LogP contribution is -2.46. The summed E-state index contributed by atoms with van der Waals surface area (Å²) in [6.07, 6.45) is 49.5. The average molecular weight is 841 g/mol. The zero-order chi connectivity index (χ0) is 42.6.